The molecule has 0 atom stereocenters. The summed E-state index contributed by atoms with van der Waals surface area (Å²) >= 11 is 1.58. The van der Waals surface area contributed by atoms with Crippen molar-refractivity contribution < 1.29 is 0 Å². The molecule has 2 aromatic rings. The van der Waals surface area contributed by atoms with Crippen LogP contribution in [0.5, 0.6) is 0 Å². The van der Waals surface area contributed by atoms with Crippen molar-refractivity contribution in [2.45, 2.75) is 39.3 Å². The van der Waals surface area contributed by atoms with Crippen LogP contribution in [0.4, 0.5) is 0 Å². The molecule has 2 N–H and O–H groups in total. The van der Waals surface area contributed by atoms with Crippen LogP contribution < -0.4 is 11.3 Å². The maximum Gasteiger partial charge on any atom is 0.262 e. The number of fused-ring (bicyclic) bond motifs is 1. The molecule has 0 radical (unpaired) electrons. The third-order valence-corrected chi connectivity index (χ3v) is 3.68. The van der Waals surface area contributed by atoms with Gasteiger partial charge in [-0.2, -0.15) is 0 Å². The number of hydrogen-bond donors (Lipinski definition) is 1. The van der Waals surface area contributed by atoms with Gasteiger partial charge in [-0.3, -0.25) is 9.36 Å². The van der Waals surface area contributed by atoms with E-state index in [9.17, 15) is 4.79 Å². The smallest absolute Gasteiger partial charge is 0.262 e. The Morgan fingerprint density at radius 3 is 2.82 bits per heavy atom. The standard InChI is InChI=1S/C12H17N3OS/c1-4-8-5-9-10(17-8)14-7-15(11(9)16)6-12(2,3)13/h5,7H,4,6,13H2,1-3H3. The summed E-state index contributed by atoms with van der Waals surface area (Å²) in [5.41, 5.74) is 5.52. The highest BCUT2D eigenvalue weighted by molar-refractivity contribution is 7.18. The van der Waals surface area contributed by atoms with Crippen molar-refractivity contribution in [2.75, 3.05) is 0 Å². The third-order valence-electron chi connectivity index (χ3n) is 2.50. The zero-order valence-electron chi connectivity index (χ0n) is 10.4. The highest BCUT2D eigenvalue weighted by atomic mass is 32.1. The van der Waals surface area contributed by atoms with Gasteiger partial charge in [-0.1, -0.05) is 6.92 Å². The van der Waals surface area contributed by atoms with Gasteiger partial charge >= 0.3 is 0 Å². The topological polar surface area (TPSA) is 60.9 Å². The summed E-state index contributed by atoms with van der Waals surface area (Å²) in [6, 6.07) is 1.94. The van der Waals surface area contributed by atoms with E-state index in [1.807, 2.05) is 19.9 Å². The Kier molecular flexibility index (Phi) is 3.05. The lowest BCUT2D eigenvalue weighted by Crippen LogP contribution is -2.40. The fourth-order valence-electron chi connectivity index (χ4n) is 1.74. The van der Waals surface area contributed by atoms with Crippen LogP contribution in [0.3, 0.4) is 0 Å². The summed E-state index contributed by atoms with van der Waals surface area (Å²) in [7, 11) is 0. The second-order valence-corrected chi connectivity index (χ2v) is 6.07. The molecule has 17 heavy (non-hydrogen) atoms. The van der Waals surface area contributed by atoms with Crippen LogP contribution >= 0.6 is 11.3 Å². The molecule has 5 heteroatoms. The van der Waals surface area contributed by atoms with Gasteiger partial charge in [-0.15, -0.1) is 11.3 Å². The van der Waals surface area contributed by atoms with Crippen molar-refractivity contribution in [3.8, 4) is 0 Å². The van der Waals surface area contributed by atoms with E-state index in [1.54, 1.807) is 22.2 Å². The van der Waals surface area contributed by atoms with Gasteiger partial charge in [0.15, 0.2) is 0 Å². The summed E-state index contributed by atoms with van der Waals surface area (Å²) in [6.45, 7) is 6.35. The average molecular weight is 251 g/mol. The Morgan fingerprint density at radius 2 is 2.24 bits per heavy atom. The van der Waals surface area contributed by atoms with Gasteiger partial charge in [0.1, 0.15) is 4.83 Å². The molecule has 0 bridgehead atoms. The molecular formula is C12H17N3OS. The summed E-state index contributed by atoms with van der Waals surface area (Å²) in [6.07, 6.45) is 2.53. The van der Waals surface area contributed by atoms with Crippen LogP contribution in [0, 0.1) is 0 Å². The number of rotatable bonds is 3. The van der Waals surface area contributed by atoms with Crippen LogP contribution in [-0.4, -0.2) is 15.1 Å². The molecule has 0 aliphatic heterocycles. The molecule has 2 rings (SSSR count). The molecule has 0 unspecified atom stereocenters. The number of thiophene rings is 1. The Balaban J connectivity index is 2.53. The Hall–Kier alpha value is -1.20. The lowest BCUT2D eigenvalue weighted by Gasteiger charge is -2.19. The van der Waals surface area contributed by atoms with Gasteiger partial charge < -0.3 is 5.73 Å². The summed E-state index contributed by atoms with van der Waals surface area (Å²) < 4.78 is 1.59. The van der Waals surface area contributed by atoms with Gasteiger partial charge in [-0.25, -0.2) is 4.98 Å². The third kappa shape index (κ3) is 2.56. The van der Waals surface area contributed by atoms with Crippen LogP contribution in [0.15, 0.2) is 17.2 Å². The number of hydrogen-bond acceptors (Lipinski definition) is 4. The van der Waals surface area contributed by atoms with Gasteiger partial charge in [0.25, 0.3) is 5.56 Å². The van der Waals surface area contributed by atoms with Crippen molar-refractivity contribution in [1.29, 1.82) is 0 Å². The molecule has 92 valence electrons. The van der Waals surface area contributed by atoms with E-state index in [0.717, 1.165) is 11.3 Å². The van der Waals surface area contributed by atoms with E-state index in [0.29, 0.717) is 11.9 Å². The largest absolute Gasteiger partial charge is 0.324 e. The van der Waals surface area contributed by atoms with Crippen LogP contribution in [-0.2, 0) is 13.0 Å². The minimum atomic E-state index is -0.414. The Labute approximate surface area is 104 Å². The maximum atomic E-state index is 12.2. The van der Waals surface area contributed by atoms with Crippen LogP contribution in [0.2, 0.25) is 0 Å². The summed E-state index contributed by atoms with van der Waals surface area (Å²) in [5, 5.41) is 0.707. The minimum Gasteiger partial charge on any atom is -0.324 e. The highest BCUT2D eigenvalue weighted by Gasteiger charge is 2.14. The normalized spacial score (nSPS) is 12.2. The van der Waals surface area contributed by atoms with Crippen molar-refractivity contribution in [3.05, 3.63) is 27.6 Å². The lowest BCUT2D eigenvalue weighted by atomic mass is 10.1. The van der Waals surface area contributed by atoms with Crippen molar-refractivity contribution in [3.63, 3.8) is 0 Å². The van der Waals surface area contributed by atoms with Crippen LogP contribution in [0.1, 0.15) is 25.6 Å². The van der Waals surface area contributed by atoms with Crippen molar-refractivity contribution >= 4 is 21.6 Å². The predicted molar refractivity (Wildman–Crippen MR) is 71.5 cm³/mol. The van der Waals surface area contributed by atoms with Crippen molar-refractivity contribution in [1.82, 2.24) is 9.55 Å². The molecule has 0 fully saturated rings. The first-order valence-corrected chi connectivity index (χ1v) is 6.49. The minimum absolute atomic E-state index is 0.00414. The van der Waals surface area contributed by atoms with E-state index < -0.39 is 5.54 Å². The Morgan fingerprint density at radius 1 is 1.53 bits per heavy atom. The first-order chi connectivity index (χ1) is 7.90. The van der Waals surface area contributed by atoms with Gasteiger partial charge in [0.2, 0.25) is 0 Å². The van der Waals surface area contributed by atoms with Gasteiger partial charge in [-0.05, 0) is 26.3 Å². The molecule has 0 amide bonds. The first kappa shape index (κ1) is 12.3. The molecule has 0 aliphatic rings. The average Bonchev–Trinajstić information content (AvgIpc) is 2.64. The first-order valence-electron chi connectivity index (χ1n) is 5.67. The fourth-order valence-corrected chi connectivity index (χ4v) is 2.66. The van der Waals surface area contributed by atoms with Gasteiger partial charge in [0, 0.05) is 17.0 Å². The number of nitrogens with zero attached hydrogens (tertiary/aromatic N) is 2. The fraction of sp³-hybridized carbons (Fsp3) is 0.500. The molecular weight excluding hydrogens is 234 g/mol. The van der Waals surface area contributed by atoms with E-state index in [1.165, 1.54) is 4.88 Å². The van der Waals surface area contributed by atoms with E-state index in [-0.39, 0.29) is 5.56 Å². The molecule has 0 aliphatic carbocycles. The maximum absolute atomic E-state index is 12.2. The molecule has 4 nitrogen and oxygen atoms in total. The van der Waals surface area contributed by atoms with E-state index >= 15 is 0 Å². The molecule has 0 spiro atoms. The van der Waals surface area contributed by atoms with Crippen molar-refractivity contribution in [2.24, 2.45) is 5.73 Å². The molecule has 0 aromatic carbocycles. The van der Waals surface area contributed by atoms with E-state index in [4.69, 9.17) is 5.73 Å². The zero-order valence-corrected chi connectivity index (χ0v) is 11.2. The quantitative estimate of drug-likeness (QED) is 0.904. The lowest BCUT2D eigenvalue weighted by molar-refractivity contribution is 0.425. The molecule has 0 saturated carbocycles. The number of aryl methyl sites for hydroxylation is 1. The summed E-state index contributed by atoms with van der Waals surface area (Å²) in [5.74, 6) is 0. The SMILES string of the molecule is CCc1cc2c(=O)n(CC(C)(C)N)cnc2s1. The van der Waals surface area contributed by atoms with Gasteiger partial charge in [0.05, 0.1) is 11.7 Å². The Bertz CT molecular complexity index is 592. The molecule has 2 aromatic heterocycles. The predicted octanol–water partition coefficient (Wildman–Crippen LogP) is 1.76. The second-order valence-electron chi connectivity index (χ2n) is 4.95. The summed E-state index contributed by atoms with van der Waals surface area (Å²) in [4.78, 5) is 18.5. The zero-order chi connectivity index (χ0) is 12.6. The van der Waals surface area contributed by atoms with Crippen LogP contribution in [0.25, 0.3) is 10.2 Å². The number of nitrogens with two attached hydrogens (primary N) is 1. The second kappa shape index (κ2) is 4.23. The highest BCUT2D eigenvalue weighted by Crippen LogP contribution is 2.21. The van der Waals surface area contributed by atoms with E-state index in [2.05, 4.69) is 11.9 Å². The number of aromatic nitrogens is 2. The molecule has 2 heterocycles. The monoisotopic (exact) mass is 251 g/mol. The molecule has 0 saturated heterocycles.